The zero-order valence-electron chi connectivity index (χ0n) is 7.81. The smallest absolute Gasteiger partial charge is 0.155 e. The average molecular weight is 154 g/mol. The van der Waals surface area contributed by atoms with E-state index in [2.05, 4.69) is 19.9 Å². The molecule has 64 valence electrons. The van der Waals surface area contributed by atoms with E-state index in [0.717, 1.165) is 31.3 Å². The lowest BCUT2D eigenvalue weighted by atomic mass is 10.1. The third-order valence-corrected chi connectivity index (χ3v) is 1.65. The number of carbonyl (C=O) groups excluding carboxylic acids is 1. The Hall–Kier alpha value is -0.590. The van der Waals surface area contributed by atoms with Crippen LogP contribution in [-0.4, -0.2) is 5.78 Å². The summed E-state index contributed by atoms with van der Waals surface area (Å²) in [6.45, 7) is 5.88. The Morgan fingerprint density at radius 2 is 1.91 bits per heavy atom. The summed E-state index contributed by atoms with van der Waals surface area (Å²) in [4.78, 5) is 11.0. The van der Waals surface area contributed by atoms with Crippen molar-refractivity contribution in [3.63, 3.8) is 0 Å². The lowest BCUT2D eigenvalue weighted by Gasteiger charge is -1.99. The van der Waals surface area contributed by atoms with Gasteiger partial charge in [0.25, 0.3) is 0 Å². The van der Waals surface area contributed by atoms with Crippen molar-refractivity contribution in [3.05, 3.63) is 11.6 Å². The van der Waals surface area contributed by atoms with E-state index in [1.165, 1.54) is 0 Å². The predicted molar refractivity (Wildman–Crippen MR) is 48.6 cm³/mol. The normalized spacial score (nSPS) is 11.7. The van der Waals surface area contributed by atoms with Gasteiger partial charge in [-0.1, -0.05) is 32.8 Å². The van der Waals surface area contributed by atoms with Crippen LogP contribution < -0.4 is 0 Å². The van der Waals surface area contributed by atoms with Crippen molar-refractivity contribution in [2.75, 3.05) is 0 Å². The van der Waals surface area contributed by atoms with Crippen molar-refractivity contribution >= 4 is 5.78 Å². The van der Waals surface area contributed by atoms with Crippen LogP contribution in [0, 0.1) is 0 Å². The molecule has 0 unspecified atom stereocenters. The van der Waals surface area contributed by atoms with E-state index in [-0.39, 0.29) is 5.78 Å². The van der Waals surface area contributed by atoms with Crippen LogP contribution in [0.3, 0.4) is 0 Å². The summed E-state index contributed by atoms with van der Waals surface area (Å²) in [6, 6.07) is 0. The monoisotopic (exact) mass is 154 g/mol. The third kappa shape index (κ3) is 4.77. The highest BCUT2D eigenvalue weighted by Gasteiger charge is 2.00. The molecular weight excluding hydrogens is 136 g/mol. The van der Waals surface area contributed by atoms with Crippen molar-refractivity contribution in [2.45, 2.75) is 46.5 Å². The van der Waals surface area contributed by atoms with E-state index in [4.69, 9.17) is 0 Å². The lowest BCUT2D eigenvalue weighted by Crippen LogP contribution is -1.95. The summed E-state index contributed by atoms with van der Waals surface area (Å²) in [7, 11) is 0. The molecule has 0 aliphatic rings. The molecular formula is C10H18O. The fourth-order valence-corrected chi connectivity index (χ4v) is 1.01. The quantitative estimate of drug-likeness (QED) is 0.556. The zero-order chi connectivity index (χ0) is 8.69. The minimum absolute atomic E-state index is 0.236. The molecule has 0 fully saturated rings. The van der Waals surface area contributed by atoms with Gasteiger partial charge in [0, 0.05) is 0 Å². The molecule has 1 heteroatoms. The molecule has 1 nitrogen and oxygen atoms in total. The highest BCUT2D eigenvalue weighted by atomic mass is 16.1. The number of ketones is 1. The maximum Gasteiger partial charge on any atom is 0.155 e. The SMILES string of the molecule is CCC/C=C(\CCC)C(C)=O. The predicted octanol–water partition coefficient (Wildman–Crippen LogP) is 3.10. The Kier molecular flexibility index (Phi) is 5.81. The van der Waals surface area contributed by atoms with Crippen LogP contribution in [0.5, 0.6) is 0 Å². The van der Waals surface area contributed by atoms with Gasteiger partial charge in [0.15, 0.2) is 5.78 Å². The highest BCUT2D eigenvalue weighted by Crippen LogP contribution is 2.07. The van der Waals surface area contributed by atoms with E-state index < -0.39 is 0 Å². The number of Topliss-reactive ketones (excluding diaryl/α,β-unsaturated/α-hetero) is 1. The number of allylic oxidation sites excluding steroid dienone is 2. The molecule has 0 heterocycles. The molecule has 0 rings (SSSR count). The number of rotatable bonds is 5. The van der Waals surface area contributed by atoms with Gasteiger partial charge in [0.05, 0.1) is 0 Å². The molecule has 0 radical (unpaired) electrons. The first kappa shape index (κ1) is 10.4. The van der Waals surface area contributed by atoms with Gasteiger partial charge in [0.1, 0.15) is 0 Å². The van der Waals surface area contributed by atoms with Crippen molar-refractivity contribution in [1.82, 2.24) is 0 Å². The number of hydrogen-bond acceptors (Lipinski definition) is 1. The standard InChI is InChI=1S/C10H18O/c1-4-6-8-10(7-5-2)9(3)11/h8H,4-7H2,1-3H3/b10-8+. The van der Waals surface area contributed by atoms with Gasteiger partial charge in [-0.05, 0) is 25.3 Å². The minimum Gasteiger partial charge on any atom is -0.295 e. The second kappa shape index (κ2) is 6.14. The van der Waals surface area contributed by atoms with Gasteiger partial charge in [-0.3, -0.25) is 4.79 Å². The van der Waals surface area contributed by atoms with Crippen molar-refractivity contribution in [2.24, 2.45) is 0 Å². The summed E-state index contributed by atoms with van der Waals surface area (Å²) in [6.07, 6.45) is 6.24. The molecule has 0 amide bonds. The molecule has 0 bridgehead atoms. The molecule has 0 aromatic heterocycles. The molecule has 0 spiro atoms. The first-order chi connectivity index (χ1) is 5.22. The van der Waals surface area contributed by atoms with Crippen LogP contribution in [0.25, 0.3) is 0 Å². The van der Waals surface area contributed by atoms with Gasteiger partial charge in [-0.15, -0.1) is 0 Å². The molecule has 0 aliphatic carbocycles. The zero-order valence-corrected chi connectivity index (χ0v) is 7.81. The molecule has 0 atom stereocenters. The van der Waals surface area contributed by atoms with Gasteiger partial charge in [-0.2, -0.15) is 0 Å². The van der Waals surface area contributed by atoms with Crippen LogP contribution in [0.15, 0.2) is 11.6 Å². The van der Waals surface area contributed by atoms with E-state index in [1.807, 2.05) is 0 Å². The first-order valence-electron chi connectivity index (χ1n) is 4.42. The summed E-state index contributed by atoms with van der Waals surface area (Å²) < 4.78 is 0. The summed E-state index contributed by atoms with van der Waals surface area (Å²) in [5, 5.41) is 0. The summed E-state index contributed by atoms with van der Waals surface area (Å²) in [5.41, 5.74) is 1.01. The largest absolute Gasteiger partial charge is 0.295 e. The number of unbranched alkanes of at least 4 members (excludes halogenated alkanes) is 1. The molecule has 0 aromatic rings. The van der Waals surface area contributed by atoms with Crippen LogP contribution >= 0.6 is 0 Å². The van der Waals surface area contributed by atoms with Crippen molar-refractivity contribution < 1.29 is 4.79 Å². The van der Waals surface area contributed by atoms with Crippen molar-refractivity contribution in [3.8, 4) is 0 Å². The minimum atomic E-state index is 0.236. The lowest BCUT2D eigenvalue weighted by molar-refractivity contribution is -0.113. The van der Waals surface area contributed by atoms with E-state index >= 15 is 0 Å². The van der Waals surface area contributed by atoms with Crippen molar-refractivity contribution in [1.29, 1.82) is 0 Å². The Morgan fingerprint density at radius 3 is 2.27 bits per heavy atom. The van der Waals surface area contributed by atoms with E-state index in [1.54, 1.807) is 6.92 Å². The second-order valence-corrected chi connectivity index (χ2v) is 2.82. The van der Waals surface area contributed by atoms with E-state index in [9.17, 15) is 4.79 Å². The Bertz CT molecular complexity index is 145. The van der Waals surface area contributed by atoms with Gasteiger partial charge in [0.2, 0.25) is 0 Å². The molecule has 0 aliphatic heterocycles. The third-order valence-electron chi connectivity index (χ3n) is 1.65. The molecule has 0 saturated carbocycles. The van der Waals surface area contributed by atoms with Crippen LogP contribution in [-0.2, 0) is 4.79 Å². The maximum atomic E-state index is 11.0. The molecule has 11 heavy (non-hydrogen) atoms. The highest BCUT2D eigenvalue weighted by molar-refractivity contribution is 5.93. The van der Waals surface area contributed by atoms with Crippen LogP contribution in [0.2, 0.25) is 0 Å². The van der Waals surface area contributed by atoms with Crippen LogP contribution in [0.1, 0.15) is 46.5 Å². The summed E-state index contributed by atoms with van der Waals surface area (Å²) in [5.74, 6) is 0.236. The topological polar surface area (TPSA) is 17.1 Å². The Morgan fingerprint density at radius 1 is 1.27 bits per heavy atom. The fraction of sp³-hybridized carbons (Fsp3) is 0.700. The van der Waals surface area contributed by atoms with Gasteiger partial charge in [-0.25, -0.2) is 0 Å². The average Bonchev–Trinajstić information content (AvgIpc) is 1.97. The van der Waals surface area contributed by atoms with Gasteiger partial charge < -0.3 is 0 Å². The van der Waals surface area contributed by atoms with Crippen LogP contribution in [0.4, 0.5) is 0 Å². The first-order valence-corrected chi connectivity index (χ1v) is 4.42. The molecule has 0 saturated heterocycles. The Labute approximate surface area is 69.5 Å². The number of carbonyl (C=O) groups is 1. The number of hydrogen-bond donors (Lipinski definition) is 0. The van der Waals surface area contributed by atoms with E-state index in [0.29, 0.717) is 0 Å². The molecule has 0 N–H and O–H groups in total. The molecule has 0 aromatic carbocycles. The van der Waals surface area contributed by atoms with Gasteiger partial charge >= 0.3 is 0 Å². The summed E-state index contributed by atoms with van der Waals surface area (Å²) >= 11 is 0. The fourth-order valence-electron chi connectivity index (χ4n) is 1.01. The Balaban J connectivity index is 3.97. The maximum absolute atomic E-state index is 11.0. The second-order valence-electron chi connectivity index (χ2n) is 2.82.